The molecule has 0 bridgehead atoms. The molecule has 1 aromatic rings. The second-order valence-corrected chi connectivity index (χ2v) is 4.96. The monoisotopic (exact) mass is 316 g/mol. The molecule has 8 nitrogen and oxygen atoms in total. The van der Waals surface area contributed by atoms with Crippen LogP contribution in [0.2, 0.25) is 0 Å². The molecule has 9 heteroatoms. The summed E-state index contributed by atoms with van der Waals surface area (Å²) in [6.07, 6.45) is 0.165. The average molecular weight is 316 g/mol. The third kappa shape index (κ3) is 3.87. The summed E-state index contributed by atoms with van der Waals surface area (Å²) >= 11 is 0. The van der Waals surface area contributed by atoms with Crippen LogP contribution in [0.25, 0.3) is 0 Å². The predicted octanol–water partition coefficient (Wildman–Crippen LogP) is -0.680. The van der Waals surface area contributed by atoms with Gasteiger partial charge in [-0.1, -0.05) is 0 Å². The molecule has 1 aromatic heterocycles. The maximum atomic E-state index is 13.3. The van der Waals surface area contributed by atoms with Gasteiger partial charge in [-0.2, -0.15) is 4.39 Å². The first kappa shape index (κ1) is 16.5. The molecule has 0 radical (unpaired) electrons. The van der Waals surface area contributed by atoms with Crippen LogP contribution in [0.4, 0.5) is 4.39 Å². The summed E-state index contributed by atoms with van der Waals surface area (Å²) in [5.41, 5.74) is -1.91. The zero-order valence-electron chi connectivity index (χ0n) is 11.7. The molecule has 0 amide bonds. The Morgan fingerprint density at radius 2 is 2.32 bits per heavy atom. The molecule has 2 N–H and O–H groups in total. The zero-order chi connectivity index (χ0) is 16.1. The Balaban J connectivity index is 1.96. The number of aromatic nitrogens is 2. The van der Waals surface area contributed by atoms with Crippen LogP contribution in [0.1, 0.15) is 25.5 Å². The largest absolute Gasteiger partial charge is 0.390 e. The van der Waals surface area contributed by atoms with Crippen molar-refractivity contribution in [2.24, 2.45) is 0 Å². The number of hydrogen-bond acceptors (Lipinski definition) is 6. The number of unbranched alkanes of at least 4 members (excludes halogenated alkanes) is 1. The molecule has 0 saturated carbocycles. The maximum absolute atomic E-state index is 13.3. The maximum Gasteiger partial charge on any atom is 0.330 e. The van der Waals surface area contributed by atoms with Crippen molar-refractivity contribution in [3.63, 3.8) is 0 Å². The fraction of sp³-hybridized carbons (Fsp3) is 0.615. The van der Waals surface area contributed by atoms with Gasteiger partial charge in [0.2, 0.25) is 5.82 Å². The van der Waals surface area contributed by atoms with Crippen molar-refractivity contribution >= 4 is 6.29 Å². The number of aliphatic hydroxyl groups excluding tert-OH is 1. The highest BCUT2D eigenvalue weighted by atomic mass is 19.1. The van der Waals surface area contributed by atoms with Gasteiger partial charge in [-0.05, 0) is 6.42 Å². The van der Waals surface area contributed by atoms with E-state index in [2.05, 4.69) is 0 Å². The van der Waals surface area contributed by atoms with Gasteiger partial charge < -0.3 is 19.4 Å². The van der Waals surface area contributed by atoms with E-state index in [1.165, 1.54) is 0 Å². The molecule has 122 valence electrons. The molecule has 1 fully saturated rings. The SMILES string of the molecule is O=CCCCOC[C@H]1O[C@@H](n2cc(F)c(=O)[nH]c2=O)C[C@@H]1O. The molecule has 1 saturated heterocycles. The standard InChI is InChI=1S/C13H17FN2O6/c14-8-6-16(13(20)15-12(8)19)11-5-9(18)10(22-11)7-21-4-2-1-3-17/h3,6,9-11,18H,1-2,4-5,7H2,(H,15,19,20)/t9-,10+,11+/m0/s1. The van der Waals surface area contributed by atoms with Crippen molar-refractivity contribution < 1.29 is 23.8 Å². The summed E-state index contributed by atoms with van der Waals surface area (Å²) in [6.45, 7) is 0.445. The van der Waals surface area contributed by atoms with Crippen LogP contribution in [0.15, 0.2) is 15.8 Å². The van der Waals surface area contributed by atoms with Crippen molar-refractivity contribution in [2.45, 2.75) is 37.7 Å². The van der Waals surface area contributed by atoms with Gasteiger partial charge in [-0.25, -0.2) is 4.79 Å². The summed E-state index contributed by atoms with van der Waals surface area (Å²) in [7, 11) is 0. The number of halogens is 1. The van der Waals surface area contributed by atoms with E-state index in [1.807, 2.05) is 4.98 Å². The van der Waals surface area contributed by atoms with Crippen LogP contribution in [-0.2, 0) is 14.3 Å². The molecule has 2 rings (SSSR count). The van der Waals surface area contributed by atoms with E-state index >= 15 is 0 Å². The van der Waals surface area contributed by atoms with Crippen molar-refractivity contribution in [3.8, 4) is 0 Å². The molecule has 0 spiro atoms. The van der Waals surface area contributed by atoms with Gasteiger partial charge in [0.05, 0.1) is 18.9 Å². The number of aliphatic hydroxyl groups is 1. The summed E-state index contributed by atoms with van der Waals surface area (Å²) in [5, 5.41) is 9.90. The molecule has 3 atom stereocenters. The molecule has 0 aliphatic carbocycles. The molecule has 2 heterocycles. The number of hydrogen-bond donors (Lipinski definition) is 2. The third-order valence-electron chi connectivity index (χ3n) is 3.33. The molecule has 0 aromatic carbocycles. The molecule has 22 heavy (non-hydrogen) atoms. The van der Waals surface area contributed by atoms with Gasteiger partial charge in [0.1, 0.15) is 18.6 Å². The third-order valence-corrected chi connectivity index (χ3v) is 3.33. The van der Waals surface area contributed by atoms with E-state index in [0.717, 1.165) is 17.1 Å². The summed E-state index contributed by atoms with van der Waals surface area (Å²) < 4.78 is 24.9. The minimum atomic E-state index is -1.11. The van der Waals surface area contributed by atoms with Gasteiger partial charge in [0.25, 0.3) is 5.56 Å². The normalized spacial score (nSPS) is 24.5. The van der Waals surface area contributed by atoms with Crippen molar-refractivity contribution in [3.05, 3.63) is 32.9 Å². The van der Waals surface area contributed by atoms with Gasteiger partial charge >= 0.3 is 5.69 Å². The predicted molar refractivity (Wildman–Crippen MR) is 71.9 cm³/mol. The molecular weight excluding hydrogens is 299 g/mol. The van der Waals surface area contributed by atoms with Crippen molar-refractivity contribution in [1.82, 2.24) is 9.55 Å². The first-order valence-electron chi connectivity index (χ1n) is 6.88. The van der Waals surface area contributed by atoms with E-state index in [4.69, 9.17) is 9.47 Å². The zero-order valence-corrected chi connectivity index (χ0v) is 11.7. The molecule has 0 unspecified atom stereocenters. The van der Waals surface area contributed by atoms with Crippen LogP contribution < -0.4 is 11.2 Å². The Bertz CT molecular complexity index is 628. The highest BCUT2D eigenvalue weighted by Gasteiger charge is 2.35. The first-order chi connectivity index (χ1) is 10.5. The number of carbonyl (C=O) groups excluding carboxylic acids is 1. The molecular formula is C13H17FN2O6. The summed E-state index contributed by atoms with van der Waals surface area (Å²) in [4.78, 5) is 34.6. The average Bonchev–Trinajstić information content (AvgIpc) is 2.84. The van der Waals surface area contributed by atoms with Gasteiger partial charge in [0.15, 0.2) is 0 Å². The minimum Gasteiger partial charge on any atom is -0.390 e. The molecule has 1 aliphatic heterocycles. The number of aromatic amines is 1. The first-order valence-corrected chi connectivity index (χ1v) is 6.88. The number of aldehydes is 1. The van der Waals surface area contributed by atoms with Crippen LogP contribution in [-0.4, -0.2) is 46.4 Å². The Hall–Kier alpha value is -1.84. The van der Waals surface area contributed by atoms with Crippen LogP contribution in [0.5, 0.6) is 0 Å². The number of nitrogens with zero attached hydrogens (tertiary/aromatic N) is 1. The lowest BCUT2D eigenvalue weighted by atomic mass is 10.2. The Morgan fingerprint density at radius 1 is 1.55 bits per heavy atom. The lowest BCUT2D eigenvalue weighted by Gasteiger charge is -2.16. The fourth-order valence-electron chi connectivity index (χ4n) is 2.18. The van der Waals surface area contributed by atoms with Crippen LogP contribution in [0, 0.1) is 5.82 Å². The highest BCUT2D eigenvalue weighted by molar-refractivity contribution is 5.48. The number of carbonyl (C=O) groups is 1. The highest BCUT2D eigenvalue weighted by Crippen LogP contribution is 2.27. The summed E-state index contributed by atoms with van der Waals surface area (Å²) in [5.74, 6) is -1.11. The van der Waals surface area contributed by atoms with Gasteiger partial charge in [-0.15, -0.1) is 0 Å². The van der Waals surface area contributed by atoms with E-state index in [1.54, 1.807) is 0 Å². The van der Waals surface area contributed by atoms with Gasteiger partial charge in [-0.3, -0.25) is 14.3 Å². The van der Waals surface area contributed by atoms with E-state index in [0.29, 0.717) is 19.4 Å². The second kappa shape index (κ2) is 7.43. The fourth-order valence-corrected chi connectivity index (χ4v) is 2.18. The quantitative estimate of drug-likeness (QED) is 0.509. The van der Waals surface area contributed by atoms with Crippen molar-refractivity contribution in [1.29, 1.82) is 0 Å². The van der Waals surface area contributed by atoms with Crippen LogP contribution >= 0.6 is 0 Å². The number of rotatable bonds is 7. The number of nitrogens with one attached hydrogen (secondary N) is 1. The lowest BCUT2D eigenvalue weighted by molar-refractivity contribution is -0.108. The Kier molecular flexibility index (Phi) is 5.58. The van der Waals surface area contributed by atoms with E-state index in [-0.39, 0.29) is 13.0 Å². The van der Waals surface area contributed by atoms with Gasteiger partial charge in [0, 0.05) is 19.4 Å². The van der Waals surface area contributed by atoms with E-state index < -0.39 is 35.5 Å². The Morgan fingerprint density at radius 3 is 3.05 bits per heavy atom. The molecule has 1 aliphatic rings. The lowest BCUT2D eigenvalue weighted by Crippen LogP contribution is -2.34. The minimum absolute atomic E-state index is 0.0771. The van der Waals surface area contributed by atoms with Crippen molar-refractivity contribution in [2.75, 3.05) is 13.2 Å². The van der Waals surface area contributed by atoms with E-state index in [9.17, 15) is 23.9 Å². The number of ether oxygens (including phenoxy) is 2. The van der Waals surface area contributed by atoms with Crippen LogP contribution in [0.3, 0.4) is 0 Å². The Labute approximate surface area is 124 Å². The smallest absolute Gasteiger partial charge is 0.330 e. The topological polar surface area (TPSA) is 111 Å². The number of H-pyrrole nitrogens is 1. The second-order valence-electron chi connectivity index (χ2n) is 4.96. The summed E-state index contributed by atoms with van der Waals surface area (Å²) in [6, 6.07) is 0.